The van der Waals surface area contributed by atoms with Gasteiger partial charge in [-0.1, -0.05) is 6.07 Å². The summed E-state index contributed by atoms with van der Waals surface area (Å²) in [5, 5.41) is 14.0. The lowest BCUT2D eigenvalue weighted by Crippen LogP contribution is -2.40. The number of hydrogen-bond donors (Lipinski definition) is 2. The average molecular weight is 500 g/mol. The van der Waals surface area contributed by atoms with Gasteiger partial charge in [-0.15, -0.1) is 21.5 Å². The van der Waals surface area contributed by atoms with Gasteiger partial charge in [-0.3, -0.25) is 14.4 Å². The van der Waals surface area contributed by atoms with Gasteiger partial charge in [0.15, 0.2) is 0 Å². The summed E-state index contributed by atoms with van der Waals surface area (Å²) >= 11 is 1.32. The Labute approximate surface area is 203 Å². The van der Waals surface area contributed by atoms with Gasteiger partial charge < -0.3 is 15.2 Å². The number of nitrogens with zero attached hydrogens (tertiary/aromatic N) is 3. The number of anilines is 1. The first-order chi connectivity index (χ1) is 16.7. The van der Waals surface area contributed by atoms with E-state index in [-0.39, 0.29) is 16.9 Å². The van der Waals surface area contributed by atoms with E-state index in [2.05, 4.69) is 20.8 Å². The third-order valence-corrected chi connectivity index (χ3v) is 7.60. The number of hydrogen-bond acceptors (Lipinski definition) is 6. The highest BCUT2D eigenvalue weighted by Gasteiger charge is 2.49. The van der Waals surface area contributed by atoms with Crippen LogP contribution in [-0.2, 0) is 23.3 Å². The summed E-state index contributed by atoms with van der Waals surface area (Å²) < 4.78 is 28.3. The van der Waals surface area contributed by atoms with E-state index < -0.39 is 29.6 Å². The molecule has 0 unspecified atom stereocenters. The summed E-state index contributed by atoms with van der Waals surface area (Å²) in [6.07, 6.45) is -0.00481. The Hall–Kier alpha value is -3.47. The van der Waals surface area contributed by atoms with E-state index in [4.69, 9.17) is 0 Å². The van der Waals surface area contributed by atoms with Crippen molar-refractivity contribution in [3.63, 3.8) is 0 Å². The highest BCUT2D eigenvalue weighted by Crippen LogP contribution is 2.46. The van der Waals surface area contributed by atoms with E-state index in [1.807, 2.05) is 0 Å². The van der Waals surface area contributed by atoms with Crippen LogP contribution < -0.4 is 10.6 Å². The number of carbonyl (C=O) groups is 3. The molecule has 3 heterocycles. The highest BCUT2D eigenvalue weighted by atomic mass is 32.1. The maximum atomic E-state index is 13.3. The molecule has 0 atom stereocenters. The standard InChI is InChI=1S/C24H23F2N5O3S/c1-12-5-6-14(10-15(12)20(25)26)28-21(33)17-13(2)18(31-9-3-4-16(17)31)19(32)22(34)29-24(7-8-24)23-30-27-11-35-23/h5-6,10-11,20H,3-4,7-9H2,1-2H3,(H,28,33)(H,29,34). The first kappa shape index (κ1) is 23.3. The number of benzene rings is 1. The molecule has 35 heavy (non-hydrogen) atoms. The zero-order chi connectivity index (χ0) is 24.9. The van der Waals surface area contributed by atoms with Crippen molar-refractivity contribution < 1.29 is 23.2 Å². The highest BCUT2D eigenvalue weighted by molar-refractivity contribution is 7.09. The maximum Gasteiger partial charge on any atom is 0.294 e. The molecule has 11 heteroatoms. The molecule has 8 nitrogen and oxygen atoms in total. The Bertz CT molecular complexity index is 1350. The largest absolute Gasteiger partial charge is 0.341 e. The molecule has 0 spiro atoms. The van der Waals surface area contributed by atoms with E-state index >= 15 is 0 Å². The molecule has 2 aliphatic rings. The smallest absolute Gasteiger partial charge is 0.294 e. The number of nitrogens with one attached hydrogen (secondary N) is 2. The third-order valence-electron chi connectivity index (χ3n) is 6.70. The summed E-state index contributed by atoms with van der Waals surface area (Å²) in [6.45, 7) is 3.73. The normalized spacial score (nSPS) is 15.7. The molecule has 0 radical (unpaired) electrons. The quantitative estimate of drug-likeness (QED) is 0.376. The van der Waals surface area contributed by atoms with Crippen molar-refractivity contribution in [2.45, 2.75) is 58.0 Å². The zero-order valence-electron chi connectivity index (χ0n) is 19.2. The number of carbonyl (C=O) groups excluding carboxylic acids is 3. The second-order valence-electron chi connectivity index (χ2n) is 8.99. The molecule has 0 bridgehead atoms. The Kier molecular flexibility index (Phi) is 5.74. The summed E-state index contributed by atoms with van der Waals surface area (Å²) in [4.78, 5) is 39.5. The molecular formula is C24H23F2N5O3S. The monoisotopic (exact) mass is 499 g/mol. The van der Waals surface area contributed by atoms with Crippen LogP contribution in [0.2, 0.25) is 0 Å². The first-order valence-corrected chi connectivity index (χ1v) is 12.2. The predicted octanol–water partition coefficient (Wildman–Crippen LogP) is 4.08. The second-order valence-corrected chi connectivity index (χ2v) is 9.82. The summed E-state index contributed by atoms with van der Waals surface area (Å²) in [6, 6.07) is 4.34. The SMILES string of the molecule is Cc1ccc(NC(=O)c2c(C)c(C(=O)C(=O)NC3(c4nncs4)CC3)n3c2CCC3)cc1C(F)F. The lowest BCUT2D eigenvalue weighted by Gasteiger charge is -2.14. The number of Topliss-reactive ketones (excluding diaryl/α,β-unsaturated/α-hetero) is 1. The molecule has 3 aromatic rings. The van der Waals surface area contributed by atoms with Crippen LogP contribution in [0.15, 0.2) is 23.7 Å². The molecule has 2 aromatic heterocycles. The van der Waals surface area contributed by atoms with Gasteiger partial charge in [0.25, 0.3) is 24.0 Å². The fourth-order valence-electron chi connectivity index (χ4n) is 4.74. The van der Waals surface area contributed by atoms with Crippen molar-refractivity contribution in [3.05, 3.63) is 62.4 Å². The zero-order valence-corrected chi connectivity index (χ0v) is 20.0. The van der Waals surface area contributed by atoms with Gasteiger partial charge in [0.1, 0.15) is 10.5 Å². The molecular weight excluding hydrogens is 476 g/mol. The van der Waals surface area contributed by atoms with Crippen LogP contribution in [-0.4, -0.2) is 32.4 Å². The Morgan fingerprint density at radius 1 is 1.20 bits per heavy atom. The van der Waals surface area contributed by atoms with Gasteiger partial charge in [0, 0.05) is 23.5 Å². The topological polar surface area (TPSA) is 106 Å². The van der Waals surface area contributed by atoms with Crippen molar-refractivity contribution in [3.8, 4) is 0 Å². The molecule has 2 N–H and O–H groups in total. The van der Waals surface area contributed by atoms with Crippen LogP contribution in [0.4, 0.5) is 14.5 Å². The minimum atomic E-state index is -2.66. The van der Waals surface area contributed by atoms with Crippen molar-refractivity contribution in [2.75, 3.05) is 5.32 Å². The molecule has 0 saturated heterocycles. The van der Waals surface area contributed by atoms with Gasteiger partial charge in [-0.2, -0.15) is 0 Å². The number of halogens is 2. The minimum absolute atomic E-state index is 0.154. The van der Waals surface area contributed by atoms with Crippen LogP contribution in [0, 0.1) is 13.8 Å². The molecule has 2 amide bonds. The van der Waals surface area contributed by atoms with E-state index in [0.717, 1.165) is 6.42 Å². The Morgan fingerprint density at radius 3 is 2.63 bits per heavy atom. The fourth-order valence-corrected chi connectivity index (χ4v) is 5.51. The molecule has 1 aliphatic heterocycles. The maximum absolute atomic E-state index is 13.3. The Balaban J connectivity index is 1.42. The van der Waals surface area contributed by atoms with Crippen LogP contribution in [0.3, 0.4) is 0 Å². The number of aromatic nitrogens is 3. The third kappa shape index (κ3) is 4.03. The molecule has 1 aliphatic carbocycles. The number of ketones is 1. The lowest BCUT2D eigenvalue weighted by atomic mass is 10.0. The van der Waals surface area contributed by atoms with Crippen molar-refractivity contribution in [2.24, 2.45) is 0 Å². The van der Waals surface area contributed by atoms with E-state index in [1.54, 1.807) is 30.0 Å². The summed E-state index contributed by atoms with van der Waals surface area (Å²) in [7, 11) is 0. The first-order valence-electron chi connectivity index (χ1n) is 11.3. The number of alkyl halides is 2. The van der Waals surface area contributed by atoms with E-state index in [1.165, 1.54) is 23.5 Å². The Morgan fingerprint density at radius 2 is 1.97 bits per heavy atom. The van der Waals surface area contributed by atoms with Crippen molar-refractivity contribution >= 4 is 34.6 Å². The fraction of sp³-hybridized carbons (Fsp3) is 0.375. The molecule has 5 rings (SSSR count). The predicted molar refractivity (Wildman–Crippen MR) is 125 cm³/mol. The van der Waals surface area contributed by atoms with Crippen LogP contribution in [0.25, 0.3) is 0 Å². The molecule has 1 saturated carbocycles. The number of rotatable bonds is 7. The van der Waals surface area contributed by atoms with Crippen LogP contribution >= 0.6 is 11.3 Å². The van der Waals surface area contributed by atoms with Gasteiger partial charge in [-0.25, -0.2) is 8.78 Å². The average Bonchev–Trinajstić information content (AvgIpc) is 3.18. The molecule has 1 aromatic carbocycles. The van der Waals surface area contributed by atoms with E-state index in [9.17, 15) is 23.2 Å². The summed E-state index contributed by atoms with van der Waals surface area (Å²) in [5.74, 6) is -1.96. The van der Waals surface area contributed by atoms with Gasteiger partial charge in [-0.05, 0) is 62.8 Å². The van der Waals surface area contributed by atoms with Crippen LogP contribution in [0.5, 0.6) is 0 Å². The lowest BCUT2D eigenvalue weighted by molar-refractivity contribution is -0.118. The number of fused-ring (bicyclic) bond motifs is 1. The molecule has 182 valence electrons. The van der Waals surface area contributed by atoms with E-state index in [0.29, 0.717) is 53.2 Å². The summed E-state index contributed by atoms with van der Waals surface area (Å²) in [5.41, 5.74) is 3.01. The van der Waals surface area contributed by atoms with Gasteiger partial charge >= 0.3 is 0 Å². The van der Waals surface area contributed by atoms with Gasteiger partial charge in [0.05, 0.1) is 16.8 Å². The van der Waals surface area contributed by atoms with Gasteiger partial charge in [0.2, 0.25) is 0 Å². The number of aryl methyl sites for hydroxylation is 1. The molecule has 1 fully saturated rings. The van der Waals surface area contributed by atoms with Crippen molar-refractivity contribution in [1.29, 1.82) is 0 Å². The van der Waals surface area contributed by atoms with Crippen LogP contribution in [0.1, 0.15) is 73.9 Å². The second kappa shape index (κ2) is 8.63. The minimum Gasteiger partial charge on any atom is -0.341 e. The number of amides is 2. The van der Waals surface area contributed by atoms with Crippen molar-refractivity contribution in [1.82, 2.24) is 20.1 Å².